The van der Waals surface area contributed by atoms with Crippen molar-refractivity contribution >= 4 is 0 Å². The highest BCUT2D eigenvalue weighted by Crippen LogP contribution is 1.95. The maximum absolute atomic E-state index is 5.43. The molecule has 0 saturated heterocycles. The second-order valence-corrected chi connectivity index (χ2v) is 2.69. The summed E-state index contributed by atoms with van der Waals surface area (Å²) in [6, 6.07) is 0. The summed E-state index contributed by atoms with van der Waals surface area (Å²) in [5.74, 6) is 15.7. The molecule has 0 aliphatic rings. The van der Waals surface area contributed by atoms with Gasteiger partial charge in [-0.25, -0.2) is 5.92 Å². The third-order valence-electron chi connectivity index (χ3n) is 1.57. The van der Waals surface area contributed by atoms with E-state index in [1.165, 1.54) is 0 Å². The number of hydrogen-bond acceptors (Lipinski definition) is 1. The van der Waals surface area contributed by atoms with Gasteiger partial charge in [-0.1, -0.05) is 12.8 Å². The summed E-state index contributed by atoms with van der Waals surface area (Å²) in [7, 11) is 0. The van der Waals surface area contributed by atoms with Gasteiger partial charge in [0, 0.05) is 6.42 Å². The van der Waals surface area contributed by atoms with E-state index in [1.807, 2.05) is 0 Å². The highest BCUT2D eigenvalue weighted by Gasteiger charge is 1.94. The second-order valence-electron chi connectivity index (χ2n) is 2.69. The molecule has 0 aliphatic carbocycles. The fourth-order valence-electron chi connectivity index (χ4n) is 0.642. The van der Waals surface area contributed by atoms with Gasteiger partial charge in [0.05, 0.1) is 12.7 Å². The van der Waals surface area contributed by atoms with Crippen molar-refractivity contribution in [3.8, 4) is 35.5 Å². The van der Waals surface area contributed by atoms with Gasteiger partial charge in [0.15, 0.2) is 0 Å². The van der Waals surface area contributed by atoms with Crippen LogP contribution in [0, 0.1) is 42.4 Å². The van der Waals surface area contributed by atoms with Gasteiger partial charge in [0.2, 0.25) is 0 Å². The molecule has 0 rings (SSSR count). The largest absolute Gasteiger partial charge is 0.378 e. The first kappa shape index (κ1) is 12.5. The normalized spacial score (nSPS) is 9.57. The lowest BCUT2D eigenvalue weighted by Crippen LogP contribution is -2.06. The molecule has 1 atom stereocenters. The van der Waals surface area contributed by atoms with Crippen LogP contribution in [0.4, 0.5) is 0 Å². The maximum atomic E-state index is 5.43. The van der Waals surface area contributed by atoms with Crippen LogP contribution >= 0.6 is 0 Å². The van der Waals surface area contributed by atoms with Crippen molar-refractivity contribution in [3.05, 3.63) is 6.92 Å². The molecule has 0 heterocycles. The van der Waals surface area contributed by atoms with Crippen LogP contribution in [-0.2, 0) is 4.74 Å². The summed E-state index contributed by atoms with van der Waals surface area (Å²) in [5.41, 5.74) is 0. The molecule has 1 nitrogen and oxygen atoms in total. The van der Waals surface area contributed by atoms with Crippen molar-refractivity contribution in [2.75, 3.05) is 6.61 Å². The molecule has 0 radical (unpaired) electrons. The lowest BCUT2D eigenvalue weighted by molar-refractivity contribution is 0.0680. The Morgan fingerprint density at radius 3 is 2.57 bits per heavy atom. The minimum absolute atomic E-state index is 0.319. The second kappa shape index (κ2) is 9.60. The van der Waals surface area contributed by atoms with Gasteiger partial charge in [-0.05, 0) is 25.2 Å². The Kier molecular flexibility index (Phi) is 8.58. The van der Waals surface area contributed by atoms with Gasteiger partial charge in [-0.3, -0.25) is 5.92 Å². The van der Waals surface area contributed by atoms with Gasteiger partial charge >= 0.3 is 0 Å². The molecule has 0 aromatic heterocycles. The van der Waals surface area contributed by atoms with E-state index in [4.69, 9.17) is 4.74 Å². The minimum Gasteiger partial charge on any atom is -0.378 e. The summed E-state index contributed by atoms with van der Waals surface area (Å²) >= 11 is 0. The zero-order valence-corrected chi connectivity index (χ0v) is 8.81. The van der Waals surface area contributed by atoms with Gasteiger partial charge in [-0.2, -0.15) is 6.92 Å². The molecule has 74 valence electrons. The van der Waals surface area contributed by atoms with Crippen LogP contribution in [0.1, 0.15) is 26.7 Å². The van der Waals surface area contributed by atoms with E-state index in [0.717, 1.165) is 12.8 Å². The van der Waals surface area contributed by atoms with Gasteiger partial charge in [0.1, 0.15) is 0 Å². The van der Waals surface area contributed by atoms with E-state index in [9.17, 15) is 0 Å². The third-order valence-corrected chi connectivity index (χ3v) is 1.57. The van der Waals surface area contributed by atoms with Crippen LogP contribution in [0.25, 0.3) is 0 Å². The van der Waals surface area contributed by atoms with Crippen LogP contribution in [0.15, 0.2) is 0 Å². The minimum atomic E-state index is 0.319. The van der Waals surface area contributed by atoms with Crippen LogP contribution in [-0.4, -0.2) is 12.7 Å². The Bertz CT molecular complexity index is 308. The molecule has 0 spiro atoms. The Morgan fingerprint density at radius 2 is 1.93 bits per heavy atom. The first-order chi connectivity index (χ1) is 6.81. The predicted molar refractivity (Wildman–Crippen MR) is 59.0 cm³/mol. The van der Waals surface area contributed by atoms with Gasteiger partial charge in [0.25, 0.3) is 0 Å². The molecular formula is C13H15O-. The molecule has 0 saturated carbocycles. The van der Waals surface area contributed by atoms with Crippen LogP contribution in [0.2, 0.25) is 0 Å². The molecular weight excluding hydrogens is 172 g/mol. The van der Waals surface area contributed by atoms with Crippen LogP contribution in [0.5, 0.6) is 0 Å². The molecule has 14 heavy (non-hydrogen) atoms. The van der Waals surface area contributed by atoms with Crippen molar-refractivity contribution in [1.29, 1.82) is 0 Å². The lowest BCUT2D eigenvalue weighted by atomic mass is 10.3. The molecule has 0 fully saturated rings. The zero-order chi connectivity index (χ0) is 10.6. The lowest BCUT2D eigenvalue weighted by Gasteiger charge is -2.07. The van der Waals surface area contributed by atoms with Gasteiger partial charge < -0.3 is 4.74 Å². The van der Waals surface area contributed by atoms with Crippen molar-refractivity contribution in [2.45, 2.75) is 32.8 Å². The van der Waals surface area contributed by atoms with Crippen molar-refractivity contribution in [2.24, 2.45) is 0 Å². The SMILES string of the molecule is [CH2-]C#CC#CC#CCCOC(C)CC. The Morgan fingerprint density at radius 1 is 1.21 bits per heavy atom. The van der Waals surface area contributed by atoms with E-state index in [-0.39, 0.29) is 0 Å². The molecule has 0 aromatic carbocycles. The average molecular weight is 187 g/mol. The molecule has 1 heteroatoms. The maximum Gasteiger partial charge on any atom is 0.0579 e. The first-order valence-corrected chi connectivity index (χ1v) is 4.67. The molecule has 0 amide bonds. The Labute approximate surface area is 87.2 Å². The fourth-order valence-corrected chi connectivity index (χ4v) is 0.642. The highest BCUT2D eigenvalue weighted by atomic mass is 16.5. The van der Waals surface area contributed by atoms with Crippen molar-refractivity contribution in [3.63, 3.8) is 0 Å². The molecule has 0 aromatic rings. The number of hydrogen-bond donors (Lipinski definition) is 0. The first-order valence-electron chi connectivity index (χ1n) is 4.67. The summed E-state index contributed by atoms with van der Waals surface area (Å²) in [6.45, 7) is 8.15. The molecule has 0 aliphatic heterocycles. The highest BCUT2D eigenvalue weighted by molar-refractivity contribution is 5.35. The smallest absolute Gasteiger partial charge is 0.0579 e. The van der Waals surface area contributed by atoms with Crippen LogP contribution in [0.3, 0.4) is 0 Å². The molecule has 1 unspecified atom stereocenters. The zero-order valence-electron chi connectivity index (χ0n) is 8.81. The topological polar surface area (TPSA) is 9.23 Å². The summed E-state index contributed by atoms with van der Waals surface area (Å²) < 4.78 is 5.43. The van der Waals surface area contributed by atoms with E-state index in [2.05, 4.69) is 56.3 Å². The van der Waals surface area contributed by atoms with E-state index < -0.39 is 0 Å². The average Bonchev–Trinajstić information content (AvgIpc) is 2.21. The van der Waals surface area contributed by atoms with E-state index >= 15 is 0 Å². The summed E-state index contributed by atoms with van der Waals surface area (Å²) in [4.78, 5) is 0. The monoisotopic (exact) mass is 187 g/mol. The molecule has 0 N–H and O–H groups in total. The van der Waals surface area contributed by atoms with Crippen molar-refractivity contribution in [1.82, 2.24) is 0 Å². The van der Waals surface area contributed by atoms with Gasteiger partial charge in [-0.15, -0.1) is 5.92 Å². The quantitative estimate of drug-likeness (QED) is 0.372. The summed E-state index contributed by atoms with van der Waals surface area (Å²) in [6.07, 6.45) is 2.07. The van der Waals surface area contributed by atoms with Crippen molar-refractivity contribution < 1.29 is 4.74 Å². The van der Waals surface area contributed by atoms with E-state index in [1.54, 1.807) is 0 Å². The summed E-state index contributed by atoms with van der Waals surface area (Å²) in [5, 5.41) is 0. The van der Waals surface area contributed by atoms with E-state index in [0.29, 0.717) is 12.7 Å². The fraction of sp³-hybridized carbons (Fsp3) is 0.462. The number of ether oxygens (including phenoxy) is 1. The Balaban J connectivity index is 3.53. The Hall–Kier alpha value is -1.49. The molecule has 0 bridgehead atoms. The predicted octanol–water partition coefficient (Wildman–Crippen LogP) is 2.04. The third kappa shape index (κ3) is 8.61. The standard InChI is InChI=1S/C13H15O/c1-4-6-7-8-9-10-11-12-14-13(3)5-2/h13H,1,5,11-12H2,2-3H3/q-1. The van der Waals surface area contributed by atoms with Crippen LogP contribution < -0.4 is 0 Å². The number of rotatable bonds is 4.